The fourth-order valence-electron chi connectivity index (χ4n) is 5.00. The Morgan fingerprint density at radius 1 is 1.11 bits per heavy atom. The highest BCUT2D eigenvalue weighted by atomic mass is 79.9. The number of benzene rings is 3. The van der Waals surface area contributed by atoms with Crippen molar-refractivity contribution in [2.75, 3.05) is 18.5 Å². The summed E-state index contributed by atoms with van der Waals surface area (Å²) in [4.78, 5) is 4.71. The van der Waals surface area contributed by atoms with Gasteiger partial charge in [-0.15, -0.1) is 0 Å². The summed E-state index contributed by atoms with van der Waals surface area (Å²) >= 11 is 3.60. The molecule has 2 aliphatic rings. The number of hydrogen-bond donors (Lipinski definition) is 1. The maximum absolute atomic E-state index is 5.79. The average Bonchev–Trinajstić information content (AvgIpc) is 3.38. The SMILES string of the molecule is C=CCOc1c(Br)cc(C=Nc2ccc([C@@H]3Nc4ccccc4[C@H]4C=CC[C@H]43)cc2)cc1OCC. The lowest BCUT2D eigenvalue weighted by atomic mass is 9.77. The van der Waals surface area contributed by atoms with Crippen LogP contribution in [0.3, 0.4) is 0 Å². The van der Waals surface area contributed by atoms with Crippen molar-refractivity contribution >= 4 is 33.5 Å². The largest absolute Gasteiger partial charge is 0.490 e. The van der Waals surface area contributed by atoms with Gasteiger partial charge in [-0.05, 0) is 82.2 Å². The number of allylic oxidation sites excluding steroid dienone is 2. The molecule has 4 nitrogen and oxygen atoms in total. The van der Waals surface area contributed by atoms with Crippen molar-refractivity contribution in [3.63, 3.8) is 0 Å². The molecule has 3 aromatic rings. The third kappa shape index (κ3) is 4.92. The first-order valence-corrected chi connectivity index (χ1v) is 12.8. The molecule has 1 aliphatic heterocycles. The van der Waals surface area contributed by atoms with Crippen molar-refractivity contribution in [3.8, 4) is 11.5 Å². The smallest absolute Gasteiger partial charge is 0.175 e. The Bertz CT molecular complexity index is 1270. The second-order valence-electron chi connectivity index (χ2n) is 8.78. The number of ether oxygens (including phenoxy) is 2. The van der Waals surface area contributed by atoms with E-state index in [0.29, 0.717) is 36.5 Å². The summed E-state index contributed by atoms with van der Waals surface area (Å²) in [5, 5.41) is 3.79. The van der Waals surface area contributed by atoms with E-state index in [9.17, 15) is 0 Å². The van der Waals surface area contributed by atoms with E-state index in [4.69, 9.17) is 14.5 Å². The van der Waals surface area contributed by atoms with Crippen LogP contribution in [-0.4, -0.2) is 19.4 Å². The van der Waals surface area contributed by atoms with Gasteiger partial charge >= 0.3 is 0 Å². The number of halogens is 1. The highest BCUT2D eigenvalue weighted by Gasteiger charge is 2.37. The van der Waals surface area contributed by atoms with Gasteiger partial charge in [-0.3, -0.25) is 4.99 Å². The number of hydrogen-bond acceptors (Lipinski definition) is 4. The molecule has 0 amide bonds. The summed E-state index contributed by atoms with van der Waals surface area (Å²) in [6, 6.07) is 21.5. The maximum Gasteiger partial charge on any atom is 0.175 e. The van der Waals surface area contributed by atoms with Crippen molar-refractivity contribution in [2.24, 2.45) is 10.9 Å². The van der Waals surface area contributed by atoms with Crippen LogP contribution in [0.4, 0.5) is 11.4 Å². The molecule has 1 aliphatic carbocycles. The number of rotatable bonds is 8. The van der Waals surface area contributed by atoms with Gasteiger partial charge in [-0.1, -0.05) is 55.1 Å². The predicted octanol–water partition coefficient (Wildman–Crippen LogP) is 7.99. The molecule has 1 N–H and O–H groups in total. The second-order valence-corrected chi connectivity index (χ2v) is 9.63. The Balaban J connectivity index is 1.34. The summed E-state index contributed by atoms with van der Waals surface area (Å²) in [5.74, 6) is 2.38. The van der Waals surface area contributed by atoms with Crippen LogP contribution in [0.5, 0.6) is 11.5 Å². The molecule has 0 saturated heterocycles. The van der Waals surface area contributed by atoms with E-state index in [0.717, 1.165) is 22.1 Å². The standard InChI is InChI=1S/C30H29BrN2O2/c1-3-16-35-30-26(31)17-20(18-28(30)34-4-2)19-32-22-14-12-21(13-15-22)29-25-10-7-9-23(25)24-8-5-6-11-27(24)33-29/h3,5-9,11-15,17-19,23,25,29,33H,1,4,10,16H2,2H3/t23-,25-,29+/m1/s1. The lowest BCUT2D eigenvalue weighted by Crippen LogP contribution is -2.28. The second kappa shape index (κ2) is 10.5. The average molecular weight is 529 g/mol. The molecule has 0 spiro atoms. The van der Waals surface area contributed by atoms with Crippen molar-refractivity contribution in [2.45, 2.75) is 25.3 Å². The summed E-state index contributed by atoms with van der Waals surface area (Å²) in [7, 11) is 0. The Hall–Kier alpha value is -3.31. The molecule has 1 heterocycles. The molecule has 35 heavy (non-hydrogen) atoms. The van der Waals surface area contributed by atoms with Crippen molar-refractivity contribution in [1.29, 1.82) is 0 Å². The topological polar surface area (TPSA) is 42.8 Å². The van der Waals surface area contributed by atoms with Gasteiger partial charge in [0.1, 0.15) is 6.61 Å². The first kappa shape index (κ1) is 23.4. The minimum Gasteiger partial charge on any atom is -0.490 e. The normalized spacial score (nSPS) is 20.2. The van der Waals surface area contributed by atoms with E-state index in [1.807, 2.05) is 25.3 Å². The van der Waals surface area contributed by atoms with E-state index >= 15 is 0 Å². The molecule has 3 atom stereocenters. The van der Waals surface area contributed by atoms with Crippen LogP contribution in [0.2, 0.25) is 0 Å². The molecular weight excluding hydrogens is 500 g/mol. The molecule has 0 unspecified atom stereocenters. The van der Waals surface area contributed by atoms with Gasteiger partial charge in [-0.25, -0.2) is 0 Å². The summed E-state index contributed by atoms with van der Waals surface area (Å²) in [6.45, 7) is 6.64. The Labute approximate surface area is 215 Å². The predicted molar refractivity (Wildman–Crippen MR) is 147 cm³/mol. The Morgan fingerprint density at radius 3 is 2.74 bits per heavy atom. The Morgan fingerprint density at radius 2 is 1.94 bits per heavy atom. The zero-order chi connectivity index (χ0) is 24.2. The minimum atomic E-state index is 0.288. The van der Waals surface area contributed by atoms with Gasteiger partial charge < -0.3 is 14.8 Å². The van der Waals surface area contributed by atoms with Crippen molar-refractivity contribution in [3.05, 3.63) is 107 Å². The van der Waals surface area contributed by atoms with Gasteiger partial charge in [0.05, 0.1) is 22.8 Å². The van der Waals surface area contributed by atoms with Crippen LogP contribution in [0, 0.1) is 5.92 Å². The van der Waals surface area contributed by atoms with Crippen molar-refractivity contribution in [1.82, 2.24) is 0 Å². The van der Waals surface area contributed by atoms with Crippen LogP contribution < -0.4 is 14.8 Å². The van der Waals surface area contributed by atoms with E-state index in [2.05, 4.69) is 88.5 Å². The lowest BCUT2D eigenvalue weighted by molar-refractivity contribution is 0.295. The first-order chi connectivity index (χ1) is 17.2. The van der Waals surface area contributed by atoms with Gasteiger partial charge in [0.25, 0.3) is 0 Å². The molecule has 0 radical (unpaired) electrons. The zero-order valence-electron chi connectivity index (χ0n) is 19.8. The van der Waals surface area contributed by atoms with Crippen LogP contribution in [-0.2, 0) is 0 Å². The fourth-order valence-corrected chi connectivity index (χ4v) is 5.57. The van der Waals surface area contributed by atoms with Crippen LogP contribution >= 0.6 is 15.9 Å². The van der Waals surface area contributed by atoms with Gasteiger partial charge in [0.15, 0.2) is 11.5 Å². The Kier molecular flexibility index (Phi) is 7.05. The number of nitrogens with one attached hydrogen (secondary N) is 1. The molecule has 0 saturated carbocycles. The third-order valence-corrected chi connectivity index (χ3v) is 7.15. The maximum atomic E-state index is 5.79. The van der Waals surface area contributed by atoms with Gasteiger partial charge in [-0.2, -0.15) is 0 Å². The number of para-hydroxylation sites is 1. The molecule has 178 valence electrons. The third-order valence-electron chi connectivity index (χ3n) is 6.56. The zero-order valence-corrected chi connectivity index (χ0v) is 21.4. The van der Waals surface area contributed by atoms with Gasteiger partial charge in [0, 0.05) is 17.8 Å². The molecule has 0 bridgehead atoms. The van der Waals surface area contributed by atoms with Gasteiger partial charge in [0.2, 0.25) is 0 Å². The number of aliphatic imine (C=N–C) groups is 1. The first-order valence-electron chi connectivity index (χ1n) is 12.0. The van der Waals surface area contributed by atoms with E-state index < -0.39 is 0 Å². The van der Waals surface area contributed by atoms with Crippen molar-refractivity contribution < 1.29 is 9.47 Å². The molecule has 3 aromatic carbocycles. The van der Waals surface area contributed by atoms with E-state index in [1.165, 1.54) is 16.8 Å². The van der Waals surface area contributed by atoms with Crippen LogP contribution in [0.1, 0.15) is 42.0 Å². The lowest BCUT2D eigenvalue weighted by Gasteiger charge is -2.37. The summed E-state index contributed by atoms with van der Waals surface area (Å²) < 4.78 is 12.4. The van der Waals surface area contributed by atoms with Crippen LogP contribution in [0.15, 0.2) is 94.9 Å². The van der Waals surface area contributed by atoms with Crippen LogP contribution in [0.25, 0.3) is 0 Å². The molecule has 5 rings (SSSR count). The fraction of sp³-hybridized carbons (Fsp3) is 0.233. The summed E-state index contributed by atoms with van der Waals surface area (Å²) in [5.41, 5.74) is 5.78. The van der Waals surface area contributed by atoms with E-state index in [-0.39, 0.29) is 6.04 Å². The molecular formula is C30H29BrN2O2. The highest BCUT2D eigenvalue weighted by molar-refractivity contribution is 9.10. The molecule has 5 heteroatoms. The highest BCUT2D eigenvalue weighted by Crippen LogP contribution is 2.49. The minimum absolute atomic E-state index is 0.288. The number of anilines is 1. The van der Waals surface area contributed by atoms with E-state index in [1.54, 1.807) is 6.08 Å². The molecule has 0 aromatic heterocycles. The number of nitrogens with zero attached hydrogens (tertiary/aromatic N) is 1. The molecule has 0 fully saturated rings. The number of fused-ring (bicyclic) bond motifs is 3. The monoisotopic (exact) mass is 528 g/mol. The summed E-state index contributed by atoms with van der Waals surface area (Å²) in [6.07, 6.45) is 9.36. The quantitative estimate of drug-likeness (QED) is 0.238.